The van der Waals surface area contributed by atoms with Gasteiger partial charge in [0.1, 0.15) is 5.75 Å². The Kier molecular flexibility index (Phi) is 5.60. The minimum atomic E-state index is 0.651. The molecule has 0 saturated carbocycles. The Hall–Kier alpha value is -0.100. The molecule has 0 amide bonds. The van der Waals surface area contributed by atoms with Crippen LogP contribution in [0.1, 0.15) is 5.56 Å². The van der Waals surface area contributed by atoms with Gasteiger partial charge < -0.3 is 15.8 Å². The van der Waals surface area contributed by atoms with Crippen molar-refractivity contribution in [2.24, 2.45) is 5.73 Å². The number of ether oxygens (including phenoxy) is 1. The standard InChI is InChI=1S/C10H14Br2N2O/c1-15-10-8(11)4-7(5-9(10)12)6-14-3-2-13/h4-5,14H,2-3,6,13H2,1H3. The molecule has 84 valence electrons. The van der Waals surface area contributed by atoms with Crippen LogP contribution in [-0.4, -0.2) is 20.2 Å². The summed E-state index contributed by atoms with van der Waals surface area (Å²) in [6.45, 7) is 2.28. The SMILES string of the molecule is COc1c(Br)cc(CNCCN)cc1Br. The van der Waals surface area contributed by atoms with E-state index in [-0.39, 0.29) is 0 Å². The molecule has 0 aromatic heterocycles. The maximum atomic E-state index is 5.40. The molecule has 3 nitrogen and oxygen atoms in total. The number of hydrogen-bond donors (Lipinski definition) is 2. The summed E-state index contributed by atoms with van der Waals surface area (Å²) in [5, 5.41) is 3.24. The number of benzene rings is 1. The molecule has 5 heteroatoms. The average Bonchev–Trinajstić information content (AvgIpc) is 2.18. The summed E-state index contributed by atoms with van der Waals surface area (Å²) < 4.78 is 7.12. The zero-order valence-electron chi connectivity index (χ0n) is 8.52. The summed E-state index contributed by atoms with van der Waals surface area (Å²) in [4.78, 5) is 0. The predicted molar refractivity (Wildman–Crippen MR) is 69.2 cm³/mol. The number of hydrogen-bond acceptors (Lipinski definition) is 3. The molecule has 15 heavy (non-hydrogen) atoms. The maximum Gasteiger partial charge on any atom is 0.147 e. The highest BCUT2D eigenvalue weighted by atomic mass is 79.9. The van der Waals surface area contributed by atoms with Crippen LogP contribution in [-0.2, 0) is 6.54 Å². The largest absolute Gasteiger partial charge is 0.494 e. The van der Waals surface area contributed by atoms with Crippen molar-refractivity contribution in [1.29, 1.82) is 0 Å². The van der Waals surface area contributed by atoms with E-state index in [2.05, 4.69) is 37.2 Å². The fraction of sp³-hybridized carbons (Fsp3) is 0.400. The van der Waals surface area contributed by atoms with Crippen LogP contribution in [0.2, 0.25) is 0 Å². The molecule has 0 saturated heterocycles. The van der Waals surface area contributed by atoms with Crippen LogP contribution in [0.5, 0.6) is 5.75 Å². The third-order valence-corrected chi connectivity index (χ3v) is 3.09. The van der Waals surface area contributed by atoms with E-state index >= 15 is 0 Å². The van der Waals surface area contributed by atoms with E-state index < -0.39 is 0 Å². The molecular weight excluding hydrogens is 324 g/mol. The molecule has 0 fully saturated rings. The van der Waals surface area contributed by atoms with Gasteiger partial charge in [0.15, 0.2) is 0 Å². The second kappa shape index (κ2) is 6.48. The molecule has 1 aromatic carbocycles. The monoisotopic (exact) mass is 336 g/mol. The predicted octanol–water partition coefficient (Wildman–Crippen LogP) is 2.27. The van der Waals surface area contributed by atoms with E-state index in [1.54, 1.807) is 7.11 Å². The van der Waals surface area contributed by atoms with Gasteiger partial charge in [-0.15, -0.1) is 0 Å². The van der Waals surface area contributed by atoms with Gasteiger partial charge in [-0.05, 0) is 49.6 Å². The van der Waals surface area contributed by atoms with E-state index in [1.165, 1.54) is 5.56 Å². The fourth-order valence-electron chi connectivity index (χ4n) is 1.24. The minimum Gasteiger partial charge on any atom is -0.494 e. The molecule has 3 N–H and O–H groups in total. The van der Waals surface area contributed by atoms with E-state index in [0.717, 1.165) is 27.8 Å². The van der Waals surface area contributed by atoms with Crippen LogP contribution in [0.15, 0.2) is 21.1 Å². The smallest absolute Gasteiger partial charge is 0.147 e. The Balaban J connectivity index is 2.75. The van der Waals surface area contributed by atoms with Crippen LogP contribution in [0, 0.1) is 0 Å². The molecule has 0 heterocycles. The average molecular weight is 338 g/mol. The van der Waals surface area contributed by atoms with Crippen molar-refractivity contribution >= 4 is 31.9 Å². The molecule has 0 radical (unpaired) electrons. The van der Waals surface area contributed by atoms with Crippen LogP contribution in [0.25, 0.3) is 0 Å². The lowest BCUT2D eigenvalue weighted by Crippen LogP contribution is -2.21. The van der Waals surface area contributed by atoms with Crippen molar-refractivity contribution in [1.82, 2.24) is 5.32 Å². The Bertz CT molecular complexity index is 308. The number of nitrogens with one attached hydrogen (secondary N) is 1. The molecule has 0 aliphatic carbocycles. The summed E-state index contributed by atoms with van der Waals surface area (Å²) in [5.41, 5.74) is 6.58. The second-order valence-electron chi connectivity index (χ2n) is 3.06. The van der Waals surface area contributed by atoms with E-state index in [4.69, 9.17) is 10.5 Å². The molecule has 0 aliphatic heterocycles. The number of methoxy groups -OCH3 is 1. The van der Waals surface area contributed by atoms with Gasteiger partial charge in [0, 0.05) is 19.6 Å². The summed E-state index contributed by atoms with van der Waals surface area (Å²) in [7, 11) is 1.65. The highest BCUT2D eigenvalue weighted by Crippen LogP contribution is 2.34. The zero-order valence-corrected chi connectivity index (χ0v) is 11.7. The topological polar surface area (TPSA) is 47.3 Å². The minimum absolute atomic E-state index is 0.651. The Morgan fingerprint density at radius 1 is 1.33 bits per heavy atom. The van der Waals surface area contributed by atoms with Gasteiger partial charge in [0.05, 0.1) is 16.1 Å². The zero-order chi connectivity index (χ0) is 11.3. The lowest BCUT2D eigenvalue weighted by molar-refractivity contribution is 0.409. The normalized spacial score (nSPS) is 10.4. The van der Waals surface area contributed by atoms with Gasteiger partial charge in [0.25, 0.3) is 0 Å². The van der Waals surface area contributed by atoms with E-state index in [9.17, 15) is 0 Å². The molecule has 1 rings (SSSR count). The lowest BCUT2D eigenvalue weighted by atomic mass is 10.2. The maximum absolute atomic E-state index is 5.40. The van der Waals surface area contributed by atoms with Crippen molar-refractivity contribution in [3.8, 4) is 5.75 Å². The van der Waals surface area contributed by atoms with Crippen LogP contribution < -0.4 is 15.8 Å². The number of halogens is 2. The van der Waals surface area contributed by atoms with Gasteiger partial charge in [-0.1, -0.05) is 0 Å². The lowest BCUT2D eigenvalue weighted by Gasteiger charge is -2.09. The van der Waals surface area contributed by atoms with Gasteiger partial charge in [0.2, 0.25) is 0 Å². The molecule has 0 spiro atoms. The summed E-state index contributed by atoms with van der Waals surface area (Å²) in [6.07, 6.45) is 0. The van der Waals surface area contributed by atoms with Gasteiger partial charge in [-0.25, -0.2) is 0 Å². The van der Waals surface area contributed by atoms with Crippen molar-refractivity contribution in [3.05, 3.63) is 26.6 Å². The molecule has 1 aromatic rings. The van der Waals surface area contributed by atoms with Crippen molar-refractivity contribution in [2.45, 2.75) is 6.54 Å². The van der Waals surface area contributed by atoms with Gasteiger partial charge in [-0.3, -0.25) is 0 Å². The van der Waals surface area contributed by atoms with Gasteiger partial charge in [-0.2, -0.15) is 0 Å². The summed E-state index contributed by atoms with van der Waals surface area (Å²) in [6, 6.07) is 4.07. The number of rotatable bonds is 5. The molecule has 0 bridgehead atoms. The fourth-order valence-corrected chi connectivity index (χ4v) is 2.85. The summed E-state index contributed by atoms with van der Waals surface area (Å²) in [5.74, 6) is 0.817. The van der Waals surface area contributed by atoms with Crippen LogP contribution in [0.3, 0.4) is 0 Å². The first-order valence-electron chi connectivity index (χ1n) is 4.61. The third kappa shape index (κ3) is 3.75. The highest BCUT2D eigenvalue weighted by molar-refractivity contribution is 9.11. The second-order valence-corrected chi connectivity index (χ2v) is 4.77. The molecular formula is C10H14Br2N2O. The first-order chi connectivity index (χ1) is 7.19. The number of nitrogens with two attached hydrogens (primary N) is 1. The highest BCUT2D eigenvalue weighted by Gasteiger charge is 2.07. The quantitative estimate of drug-likeness (QED) is 0.810. The van der Waals surface area contributed by atoms with Crippen LogP contribution in [0.4, 0.5) is 0 Å². The first-order valence-corrected chi connectivity index (χ1v) is 6.20. The van der Waals surface area contributed by atoms with Crippen LogP contribution >= 0.6 is 31.9 Å². The molecule has 0 unspecified atom stereocenters. The van der Waals surface area contributed by atoms with Crippen molar-refractivity contribution in [3.63, 3.8) is 0 Å². The van der Waals surface area contributed by atoms with Gasteiger partial charge >= 0.3 is 0 Å². The summed E-state index contributed by atoms with van der Waals surface area (Å²) >= 11 is 6.92. The van der Waals surface area contributed by atoms with Crippen molar-refractivity contribution < 1.29 is 4.74 Å². The Morgan fingerprint density at radius 3 is 2.40 bits per heavy atom. The van der Waals surface area contributed by atoms with E-state index in [1.807, 2.05) is 12.1 Å². The molecule has 0 aliphatic rings. The third-order valence-electron chi connectivity index (χ3n) is 1.91. The van der Waals surface area contributed by atoms with E-state index in [0.29, 0.717) is 6.54 Å². The Labute approximate surface area is 107 Å². The van der Waals surface area contributed by atoms with Crippen molar-refractivity contribution in [2.75, 3.05) is 20.2 Å². The first kappa shape index (κ1) is 13.0. The molecule has 0 atom stereocenters. The Morgan fingerprint density at radius 2 is 1.93 bits per heavy atom.